The van der Waals surface area contributed by atoms with E-state index in [2.05, 4.69) is 10.3 Å². The Labute approximate surface area is 144 Å². The average Bonchev–Trinajstić information content (AvgIpc) is 3.03. The molecule has 0 aliphatic rings. The second kappa shape index (κ2) is 6.64. The normalized spacial score (nSPS) is 11.4. The van der Waals surface area contributed by atoms with Gasteiger partial charge in [0.1, 0.15) is 5.82 Å². The summed E-state index contributed by atoms with van der Waals surface area (Å²) in [5.74, 6) is -1.18. The van der Waals surface area contributed by atoms with Crippen LogP contribution in [-0.4, -0.2) is 10.8 Å². The Morgan fingerprint density at radius 1 is 1.08 bits per heavy atom. The summed E-state index contributed by atoms with van der Waals surface area (Å²) in [6.07, 6.45) is -3.19. The number of thiazole rings is 1. The van der Waals surface area contributed by atoms with Crippen molar-refractivity contribution in [3.63, 3.8) is 0 Å². The molecule has 1 heterocycles. The van der Waals surface area contributed by atoms with E-state index < -0.39 is 23.3 Å². The number of ketones is 1. The van der Waals surface area contributed by atoms with Gasteiger partial charge < -0.3 is 5.32 Å². The Kier molecular flexibility index (Phi) is 4.54. The van der Waals surface area contributed by atoms with E-state index >= 15 is 0 Å². The lowest BCUT2D eigenvalue weighted by Gasteiger charge is -2.08. The number of carbonyl (C=O) groups is 1. The molecule has 2 aromatic carbocycles. The van der Waals surface area contributed by atoms with Crippen molar-refractivity contribution in [3.05, 3.63) is 76.5 Å². The van der Waals surface area contributed by atoms with E-state index in [0.717, 1.165) is 23.5 Å². The van der Waals surface area contributed by atoms with Crippen LogP contribution in [0.15, 0.2) is 54.7 Å². The first-order valence-corrected chi connectivity index (χ1v) is 7.85. The fourth-order valence-corrected chi connectivity index (χ4v) is 2.90. The quantitative estimate of drug-likeness (QED) is 0.505. The molecule has 3 nitrogen and oxygen atoms in total. The predicted molar refractivity (Wildman–Crippen MR) is 86.7 cm³/mol. The second-order valence-electron chi connectivity index (χ2n) is 5.04. The third kappa shape index (κ3) is 3.85. The second-order valence-corrected chi connectivity index (χ2v) is 6.07. The number of anilines is 2. The summed E-state index contributed by atoms with van der Waals surface area (Å²) in [5, 5.41) is 2.95. The lowest BCUT2D eigenvalue weighted by atomic mass is 10.1. The SMILES string of the molecule is O=C(c1cnc(Nc2cccc(C(F)(F)F)c2)s1)c1ccccc1F. The minimum atomic E-state index is -4.45. The van der Waals surface area contributed by atoms with Gasteiger partial charge in [0.2, 0.25) is 5.78 Å². The minimum absolute atomic E-state index is 0.0863. The maximum absolute atomic E-state index is 13.7. The Hall–Kier alpha value is -2.74. The van der Waals surface area contributed by atoms with Crippen molar-refractivity contribution in [2.45, 2.75) is 6.18 Å². The molecule has 3 rings (SSSR count). The molecule has 0 fully saturated rings. The number of alkyl halides is 3. The van der Waals surface area contributed by atoms with Crippen LogP contribution < -0.4 is 5.32 Å². The number of benzene rings is 2. The van der Waals surface area contributed by atoms with Crippen molar-refractivity contribution in [2.75, 3.05) is 5.32 Å². The van der Waals surface area contributed by atoms with E-state index in [-0.39, 0.29) is 21.3 Å². The van der Waals surface area contributed by atoms with Crippen molar-refractivity contribution < 1.29 is 22.4 Å². The van der Waals surface area contributed by atoms with Crippen molar-refractivity contribution in [2.24, 2.45) is 0 Å². The maximum Gasteiger partial charge on any atom is 0.416 e. The van der Waals surface area contributed by atoms with Crippen LogP contribution in [0.1, 0.15) is 20.8 Å². The first-order valence-electron chi connectivity index (χ1n) is 7.04. The van der Waals surface area contributed by atoms with Crippen LogP contribution in [0, 0.1) is 5.82 Å². The number of hydrogen-bond donors (Lipinski definition) is 1. The number of halogens is 4. The van der Waals surface area contributed by atoms with E-state index in [1.54, 1.807) is 6.07 Å². The standard InChI is InChI=1S/C17H10F4N2OS/c18-13-7-2-1-6-12(13)15(24)14-9-22-16(25-14)23-11-5-3-4-10(8-11)17(19,20)21/h1-9H,(H,22,23). The van der Waals surface area contributed by atoms with Gasteiger partial charge in [-0.05, 0) is 30.3 Å². The predicted octanol–water partition coefficient (Wildman–Crippen LogP) is 5.28. The Bertz CT molecular complexity index is 921. The number of nitrogens with zero attached hydrogens (tertiary/aromatic N) is 1. The summed E-state index contributed by atoms with van der Waals surface area (Å²) in [6, 6.07) is 10.2. The molecule has 3 aromatic rings. The third-order valence-electron chi connectivity index (χ3n) is 3.29. The number of aromatic nitrogens is 1. The van der Waals surface area contributed by atoms with Gasteiger partial charge in [0.25, 0.3) is 0 Å². The zero-order valence-corrected chi connectivity index (χ0v) is 13.3. The zero-order valence-electron chi connectivity index (χ0n) is 12.5. The Balaban J connectivity index is 1.81. The van der Waals surface area contributed by atoms with Gasteiger partial charge >= 0.3 is 6.18 Å². The first kappa shape index (κ1) is 17.1. The molecule has 0 unspecified atom stereocenters. The highest BCUT2D eigenvalue weighted by atomic mass is 32.1. The van der Waals surface area contributed by atoms with Crippen LogP contribution in [0.2, 0.25) is 0 Å². The van der Waals surface area contributed by atoms with Crippen molar-refractivity contribution in [1.29, 1.82) is 0 Å². The molecule has 0 spiro atoms. The van der Waals surface area contributed by atoms with Crippen LogP contribution in [-0.2, 0) is 6.18 Å². The van der Waals surface area contributed by atoms with Gasteiger partial charge in [0.05, 0.1) is 22.2 Å². The molecule has 0 saturated heterocycles. The summed E-state index contributed by atoms with van der Waals surface area (Å²) >= 11 is 0.933. The highest BCUT2D eigenvalue weighted by Gasteiger charge is 2.30. The molecule has 25 heavy (non-hydrogen) atoms. The largest absolute Gasteiger partial charge is 0.416 e. The van der Waals surface area contributed by atoms with E-state index in [9.17, 15) is 22.4 Å². The lowest BCUT2D eigenvalue weighted by Crippen LogP contribution is -2.05. The molecule has 0 radical (unpaired) electrons. The molecular formula is C17H10F4N2OS. The van der Waals surface area contributed by atoms with Gasteiger partial charge in [-0.2, -0.15) is 13.2 Å². The van der Waals surface area contributed by atoms with E-state index in [4.69, 9.17) is 0 Å². The zero-order chi connectivity index (χ0) is 18.0. The molecule has 1 N–H and O–H groups in total. The lowest BCUT2D eigenvalue weighted by molar-refractivity contribution is -0.137. The highest BCUT2D eigenvalue weighted by molar-refractivity contribution is 7.17. The van der Waals surface area contributed by atoms with Crippen molar-refractivity contribution in [1.82, 2.24) is 4.98 Å². The maximum atomic E-state index is 13.7. The monoisotopic (exact) mass is 366 g/mol. The molecule has 0 atom stereocenters. The minimum Gasteiger partial charge on any atom is -0.332 e. The Morgan fingerprint density at radius 3 is 2.56 bits per heavy atom. The van der Waals surface area contributed by atoms with Gasteiger partial charge in [-0.15, -0.1) is 0 Å². The summed E-state index contributed by atoms with van der Waals surface area (Å²) in [5.41, 5.74) is -0.692. The van der Waals surface area contributed by atoms with Crippen molar-refractivity contribution in [3.8, 4) is 0 Å². The smallest absolute Gasteiger partial charge is 0.332 e. The summed E-state index contributed by atoms with van der Waals surface area (Å²) in [6.45, 7) is 0. The third-order valence-corrected chi connectivity index (χ3v) is 4.20. The van der Waals surface area contributed by atoms with Gasteiger partial charge in [-0.25, -0.2) is 9.37 Å². The molecule has 1 aromatic heterocycles. The van der Waals surface area contributed by atoms with E-state index in [0.29, 0.717) is 0 Å². The number of carbonyl (C=O) groups excluding carboxylic acids is 1. The van der Waals surface area contributed by atoms with E-state index in [1.165, 1.54) is 36.5 Å². The topological polar surface area (TPSA) is 42.0 Å². The molecule has 0 saturated carbocycles. The van der Waals surface area contributed by atoms with E-state index in [1.807, 2.05) is 0 Å². The molecule has 0 aliphatic heterocycles. The molecular weight excluding hydrogens is 356 g/mol. The first-order chi connectivity index (χ1) is 11.8. The number of rotatable bonds is 4. The molecule has 128 valence electrons. The molecule has 0 amide bonds. The summed E-state index contributed by atoms with van der Waals surface area (Å²) < 4.78 is 51.8. The van der Waals surface area contributed by atoms with Gasteiger partial charge in [-0.1, -0.05) is 29.5 Å². The van der Waals surface area contributed by atoms with Crippen LogP contribution in [0.3, 0.4) is 0 Å². The van der Waals surface area contributed by atoms with Gasteiger partial charge in [0.15, 0.2) is 5.13 Å². The molecule has 8 heteroatoms. The van der Waals surface area contributed by atoms with Gasteiger partial charge in [-0.3, -0.25) is 4.79 Å². The van der Waals surface area contributed by atoms with Crippen molar-refractivity contribution >= 4 is 27.9 Å². The van der Waals surface area contributed by atoms with Crippen LogP contribution in [0.25, 0.3) is 0 Å². The molecule has 0 bridgehead atoms. The fourth-order valence-electron chi connectivity index (χ4n) is 2.11. The van der Waals surface area contributed by atoms with Crippen LogP contribution in [0.4, 0.5) is 28.4 Å². The van der Waals surface area contributed by atoms with Gasteiger partial charge in [0, 0.05) is 5.69 Å². The van der Waals surface area contributed by atoms with Crippen LogP contribution in [0.5, 0.6) is 0 Å². The summed E-state index contributed by atoms with van der Waals surface area (Å²) in [4.78, 5) is 16.4. The fraction of sp³-hybridized carbons (Fsp3) is 0.0588. The highest BCUT2D eigenvalue weighted by Crippen LogP contribution is 2.32. The Morgan fingerprint density at radius 2 is 1.84 bits per heavy atom. The van der Waals surface area contributed by atoms with Crippen LogP contribution >= 0.6 is 11.3 Å². The number of nitrogens with one attached hydrogen (secondary N) is 1. The molecule has 0 aliphatic carbocycles. The average molecular weight is 366 g/mol. The summed E-state index contributed by atoms with van der Waals surface area (Å²) in [7, 11) is 0. The number of hydrogen-bond acceptors (Lipinski definition) is 4.